The maximum absolute atomic E-state index is 15.5. The fourth-order valence-corrected chi connectivity index (χ4v) is 5.92. The number of sulfonamides is 1. The van der Waals surface area contributed by atoms with Gasteiger partial charge >= 0.3 is 0 Å². The first-order valence-electron chi connectivity index (χ1n) is 11.9. The molecule has 2 heterocycles. The molecule has 8 nitrogen and oxygen atoms in total. The maximum Gasteiger partial charge on any atom is 0.263 e. The molecule has 192 valence electrons. The first kappa shape index (κ1) is 23.9. The molecular formula is C28H22FN3O5S. The monoisotopic (exact) mass is 531 g/mol. The minimum absolute atomic E-state index is 0.0228. The summed E-state index contributed by atoms with van der Waals surface area (Å²) in [5.74, 6) is 0.214. The van der Waals surface area contributed by atoms with Crippen molar-refractivity contribution < 1.29 is 22.1 Å². The summed E-state index contributed by atoms with van der Waals surface area (Å²) in [6.45, 7) is 0. The lowest BCUT2D eigenvalue weighted by Crippen LogP contribution is -2.19. The van der Waals surface area contributed by atoms with E-state index < -0.39 is 21.4 Å². The van der Waals surface area contributed by atoms with Crippen LogP contribution in [0.1, 0.15) is 29.4 Å². The van der Waals surface area contributed by atoms with Crippen LogP contribution in [-0.4, -0.2) is 25.3 Å². The molecule has 0 saturated heterocycles. The minimum atomic E-state index is -3.96. The van der Waals surface area contributed by atoms with E-state index in [2.05, 4.69) is 14.4 Å². The van der Waals surface area contributed by atoms with Crippen molar-refractivity contribution in [1.29, 1.82) is 0 Å². The summed E-state index contributed by atoms with van der Waals surface area (Å²) < 4.78 is 55.1. The van der Waals surface area contributed by atoms with Crippen molar-refractivity contribution >= 4 is 26.7 Å². The Hall–Kier alpha value is -4.44. The molecule has 10 heteroatoms. The molecule has 0 aliphatic heterocycles. The largest absolute Gasteiger partial charge is 0.495 e. The van der Waals surface area contributed by atoms with E-state index in [1.807, 2.05) is 30.3 Å². The van der Waals surface area contributed by atoms with E-state index in [9.17, 15) is 13.2 Å². The normalized spacial score (nSPS) is 16.9. The SMILES string of the molecule is COc1cc([C@@H]2C[C@H]2c2ccccc2)c(F)cc1-n1c(=O)ccc2cc(S(=O)(=O)Nc3ccon3)ccc21. The highest BCUT2D eigenvalue weighted by atomic mass is 32.2. The summed E-state index contributed by atoms with van der Waals surface area (Å²) >= 11 is 0. The van der Waals surface area contributed by atoms with Crippen LogP contribution in [-0.2, 0) is 10.0 Å². The molecular weight excluding hydrogens is 509 g/mol. The number of pyridine rings is 1. The number of hydrogen-bond acceptors (Lipinski definition) is 6. The summed E-state index contributed by atoms with van der Waals surface area (Å²) in [7, 11) is -2.49. The Balaban J connectivity index is 1.40. The smallest absolute Gasteiger partial charge is 0.263 e. The lowest BCUT2D eigenvalue weighted by atomic mass is 10.0. The second kappa shape index (κ2) is 9.14. The molecule has 1 N–H and O–H groups in total. The first-order valence-corrected chi connectivity index (χ1v) is 13.4. The van der Waals surface area contributed by atoms with Crippen LogP contribution in [0.5, 0.6) is 5.75 Å². The van der Waals surface area contributed by atoms with E-state index >= 15 is 4.39 Å². The van der Waals surface area contributed by atoms with Crippen LogP contribution in [0, 0.1) is 5.82 Å². The zero-order valence-electron chi connectivity index (χ0n) is 20.2. The van der Waals surface area contributed by atoms with Gasteiger partial charge in [0, 0.05) is 23.6 Å². The van der Waals surface area contributed by atoms with E-state index in [-0.39, 0.29) is 28.2 Å². The van der Waals surface area contributed by atoms with Crippen LogP contribution in [0.4, 0.5) is 10.2 Å². The third kappa shape index (κ3) is 4.22. The number of aromatic nitrogens is 2. The highest BCUT2D eigenvalue weighted by Gasteiger charge is 2.41. The predicted octanol–water partition coefficient (Wildman–Crippen LogP) is 5.20. The maximum atomic E-state index is 15.5. The van der Waals surface area contributed by atoms with Crippen molar-refractivity contribution in [2.45, 2.75) is 23.2 Å². The topological polar surface area (TPSA) is 103 Å². The number of methoxy groups -OCH3 is 1. The number of ether oxygens (including phenoxy) is 1. The molecule has 0 unspecified atom stereocenters. The van der Waals surface area contributed by atoms with Gasteiger partial charge in [0.1, 0.15) is 17.8 Å². The van der Waals surface area contributed by atoms with E-state index in [4.69, 9.17) is 4.74 Å². The van der Waals surface area contributed by atoms with E-state index in [1.165, 1.54) is 60.4 Å². The number of halogens is 1. The van der Waals surface area contributed by atoms with Gasteiger partial charge in [-0.15, -0.1) is 0 Å². The van der Waals surface area contributed by atoms with Crippen molar-refractivity contribution in [2.24, 2.45) is 0 Å². The van der Waals surface area contributed by atoms with Crippen LogP contribution in [0.3, 0.4) is 0 Å². The predicted molar refractivity (Wildman–Crippen MR) is 140 cm³/mol. The molecule has 1 saturated carbocycles. The number of nitrogens with one attached hydrogen (secondary N) is 1. The molecule has 2 atom stereocenters. The first-order chi connectivity index (χ1) is 18.4. The Morgan fingerprint density at radius 1 is 1.03 bits per heavy atom. The number of anilines is 1. The van der Waals surface area contributed by atoms with Gasteiger partial charge in [-0.05, 0) is 59.7 Å². The van der Waals surface area contributed by atoms with Gasteiger partial charge in [-0.2, -0.15) is 0 Å². The lowest BCUT2D eigenvalue weighted by Gasteiger charge is -2.16. The standard InChI is InChI=1S/C28H22FN3O5S/c1-36-26-15-22(21-14-20(21)17-5-3-2-4-6-17)23(29)16-25(26)32-24-9-8-19(13-18(24)7-10-28(32)33)38(34,35)31-27-11-12-37-30-27/h2-13,15-16,20-21H,14H2,1H3,(H,30,31)/t20-,21+/m0/s1. The molecule has 3 aromatic carbocycles. The van der Waals surface area contributed by atoms with Crippen molar-refractivity contribution in [3.05, 3.63) is 112 Å². The van der Waals surface area contributed by atoms with Crippen LogP contribution in [0.15, 0.2) is 99.3 Å². The fraction of sp³-hybridized carbons (Fsp3) is 0.143. The van der Waals surface area contributed by atoms with Gasteiger partial charge in [-0.3, -0.25) is 14.1 Å². The zero-order valence-corrected chi connectivity index (χ0v) is 21.0. The third-order valence-corrected chi connectivity index (χ3v) is 8.16. The average molecular weight is 532 g/mol. The van der Waals surface area contributed by atoms with Gasteiger partial charge in [-0.1, -0.05) is 35.5 Å². The Labute approximate surface area is 217 Å². The minimum Gasteiger partial charge on any atom is -0.495 e. The molecule has 6 rings (SSSR count). The number of nitrogens with zero attached hydrogens (tertiary/aromatic N) is 2. The average Bonchev–Trinajstić information content (AvgIpc) is 3.55. The molecule has 1 aliphatic carbocycles. The fourth-order valence-electron chi connectivity index (χ4n) is 4.89. The number of fused-ring (bicyclic) bond motifs is 1. The summed E-state index contributed by atoms with van der Waals surface area (Å²) in [6, 6.07) is 21.5. The van der Waals surface area contributed by atoms with Crippen LogP contribution >= 0.6 is 0 Å². The molecule has 0 amide bonds. The lowest BCUT2D eigenvalue weighted by molar-refractivity contribution is 0.410. The van der Waals surface area contributed by atoms with Gasteiger partial charge < -0.3 is 9.26 Å². The Morgan fingerprint density at radius 3 is 2.58 bits per heavy atom. The molecule has 0 bridgehead atoms. The summed E-state index contributed by atoms with van der Waals surface area (Å²) in [5.41, 5.74) is 1.93. The summed E-state index contributed by atoms with van der Waals surface area (Å²) in [4.78, 5) is 13.0. The van der Waals surface area contributed by atoms with Gasteiger partial charge in [0.15, 0.2) is 5.82 Å². The summed E-state index contributed by atoms with van der Waals surface area (Å²) in [6.07, 6.45) is 2.08. The van der Waals surface area contributed by atoms with E-state index in [0.29, 0.717) is 22.2 Å². The van der Waals surface area contributed by atoms with Crippen molar-refractivity contribution in [2.75, 3.05) is 11.8 Å². The van der Waals surface area contributed by atoms with Gasteiger partial charge in [0.25, 0.3) is 15.6 Å². The van der Waals surface area contributed by atoms with E-state index in [0.717, 1.165) is 12.0 Å². The molecule has 2 aromatic heterocycles. The van der Waals surface area contributed by atoms with Crippen molar-refractivity contribution in [3.63, 3.8) is 0 Å². The Morgan fingerprint density at radius 2 is 1.84 bits per heavy atom. The van der Waals surface area contributed by atoms with Gasteiger partial charge in [0.05, 0.1) is 23.2 Å². The van der Waals surface area contributed by atoms with Crippen LogP contribution in [0.25, 0.3) is 16.6 Å². The molecule has 0 spiro atoms. The van der Waals surface area contributed by atoms with Crippen molar-refractivity contribution in [1.82, 2.24) is 9.72 Å². The highest BCUT2D eigenvalue weighted by molar-refractivity contribution is 7.92. The molecule has 0 radical (unpaired) electrons. The number of hydrogen-bond donors (Lipinski definition) is 1. The zero-order chi connectivity index (χ0) is 26.4. The van der Waals surface area contributed by atoms with Gasteiger partial charge in [-0.25, -0.2) is 12.8 Å². The highest BCUT2D eigenvalue weighted by Crippen LogP contribution is 2.56. The molecule has 1 fully saturated rings. The summed E-state index contributed by atoms with van der Waals surface area (Å²) in [5, 5.41) is 4.03. The number of benzene rings is 3. The quantitative estimate of drug-likeness (QED) is 0.310. The van der Waals surface area contributed by atoms with Crippen LogP contribution < -0.4 is 15.0 Å². The molecule has 38 heavy (non-hydrogen) atoms. The number of rotatable bonds is 7. The Kier molecular flexibility index (Phi) is 5.76. The molecule has 5 aromatic rings. The molecule has 1 aliphatic rings. The van der Waals surface area contributed by atoms with Crippen molar-refractivity contribution in [3.8, 4) is 11.4 Å². The Bertz CT molecular complexity index is 1820. The second-order valence-electron chi connectivity index (χ2n) is 9.12. The second-order valence-corrected chi connectivity index (χ2v) is 10.8. The van der Waals surface area contributed by atoms with E-state index in [1.54, 1.807) is 6.07 Å². The van der Waals surface area contributed by atoms with Crippen LogP contribution in [0.2, 0.25) is 0 Å². The van der Waals surface area contributed by atoms with Gasteiger partial charge in [0.2, 0.25) is 0 Å². The third-order valence-electron chi connectivity index (χ3n) is 6.81.